The molecule has 0 aliphatic carbocycles. The smallest absolute Gasteiger partial charge is 0.147 e. The van der Waals surface area contributed by atoms with E-state index in [9.17, 15) is 0 Å². The van der Waals surface area contributed by atoms with E-state index in [0.717, 1.165) is 16.8 Å². The summed E-state index contributed by atoms with van der Waals surface area (Å²) in [5, 5.41) is 4.67. The zero-order valence-electron chi connectivity index (χ0n) is 8.64. The highest BCUT2D eigenvalue weighted by Crippen LogP contribution is 2.32. The molecule has 3 heteroatoms. The van der Waals surface area contributed by atoms with Crippen LogP contribution in [0.5, 0.6) is 0 Å². The highest BCUT2D eigenvalue weighted by molar-refractivity contribution is 7.41. The number of hydrogen-bond donors (Lipinski definition) is 1. The normalized spacial score (nSPS) is 11.0. The summed E-state index contributed by atoms with van der Waals surface area (Å²) in [6.07, 6.45) is 0. The molecule has 0 fully saturated rings. The first-order valence-electron chi connectivity index (χ1n) is 5.19. The first-order valence-corrected chi connectivity index (χ1v) is 6.19. The summed E-state index contributed by atoms with van der Waals surface area (Å²) in [4.78, 5) is 4.56. The average Bonchev–Trinajstić information content (AvgIpc) is 2.72. The molecular weight excluding hydrogens is 215 g/mol. The Bertz CT molecular complexity index is 568. The van der Waals surface area contributed by atoms with Gasteiger partial charge in [0.05, 0.1) is 5.52 Å². The molecule has 3 aromatic rings. The Morgan fingerprint density at radius 3 is 2.44 bits per heavy atom. The maximum absolute atomic E-state index is 4.56. The molecule has 1 heterocycles. The van der Waals surface area contributed by atoms with Gasteiger partial charge in [0.1, 0.15) is 5.55 Å². The van der Waals surface area contributed by atoms with Crippen molar-refractivity contribution < 1.29 is 0 Å². The van der Waals surface area contributed by atoms with Crippen LogP contribution in [0.4, 0.5) is 11.2 Å². The van der Waals surface area contributed by atoms with Gasteiger partial charge in [0.25, 0.3) is 0 Å². The maximum atomic E-state index is 4.56. The van der Waals surface area contributed by atoms with Gasteiger partial charge in [-0.2, -0.15) is 0 Å². The fourth-order valence-corrected chi connectivity index (χ4v) is 2.76. The van der Waals surface area contributed by atoms with E-state index in [1.165, 1.54) is 5.12 Å². The van der Waals surface area contributed by atoms with Crippen LogP contribution in [0.15, 0.2) is 54.6 Å². The second-order valence-corrected chi connectivity index (χ2v) is 4.86. The molecule has 2 aromatic carbocycles. The van der Waals surface area contributed by atoms with Gasteiger partial charge in [-0.1, -0.05) is 38.5 Å². The van der Waals surface area contributed by atoms with E-state index >= 15 is 0 Å². The van der Waals surface area contributed by atoms with Crippen LogP contribution in [0.25, 0.3) is 10.6 Å². The SMILES string of the molecule is c1ccc(Nc2nc3ccccc3[pH]2)cc1. The molecule has 16 heavy (non-hydrogen) atoms. The molecule has 78 valence electrons. The lowest BCUT2D eigenvalue weighted by Gasteiger charge is -2.00. The fraction of sp³-hybridized carbons (Fsp3) is 0. The van der Waals surface area contributed by atoms with Gasteiger partial charge in [-0.15, -0.1) is 0 Å². The van der Waals surface area contributed by atoms with Crippen LogP contribution >= 0.6 is 8.19 Å². The Hall–Kier alpha value is -1.79. The van der Waals surface area contributed by atoms with Crippen molar-refractivity contribution in [1.29, 1.82) is 0 Å². The summed E-state index contributed by atoms with van der Waals surface area (Å²) in [5.74, 6) is 0. The predicted molar refractivity (Wildman–Crippen MR) is 71.0 cm³/mol. The van der Waals surface area contributed by atoms with Crippen LogP contribution in [0.1, 0.15) is 0 Å². The summed E-state index contributed by atoms with van der Waals surface area (Å²) in [6.45, 7) is 0. The third-order valence-corrected chi connectivity index (χ3v) is 3.59. The van der Waals surface area contributed by atoms with Crippen molar-refractivity contribution >= 4 is 30.1 Å². The lowest BCUT2D eigenvalue weighted by Crippen LogP contribution is -1.87. The summed E-state index contributed by atoms with van der Waals surface area (Å²) in [5.41, 5.74) is 3.24. The molecule has 3 rings (SSSR count). The van der Waals surface area contributed by atoms with Gasteiger partial charge in [-0.05, 0) is 24.3 Å². The number of aromatic nitrogens is 1. The Morgan fingerprint density at radius 1 is 0.875 bits per heavy atom. The van der Waals surface area contributed by atoms with Crippen molar-refractivity contribution in [3.63, 3.8) is 0 Å². The van der Waals surface area contributed by atoms with E-state index in [2.05, 4.69) is 40.6 Å². The largest absolute Gasteiger partial charge is 0.337 e. The first kappa shape index (κ1) is 9.44. The van der Waals surface area contributed by atoms with Crippen LogP contribution in [-0.4, -0.2) is 4.98 Å². The van der Waals surface area contributed by atoms with Gasteiger partial charge in [-0.3, -0.25) is 0 Å². The number of anilines is 2. The average molecular weight is 226 g/mol. The van der Waals surface area contributed by atoms with E-state index in [1.54, 1.807) is 0 Å². The monoisotopic (exact) mass is 226 g/mol. The summed E-state index contributed by atoms with van der Waals surface area (Å²) < 4.78 is 0. The molecule has 0 amide bonds. The molecule has 0 saturated carbocycles. The number of benzene rings is 2. The number of fused-ring (bicyclic) bond motifs is 1. The highest BCUT2D eigenvalue weighted by Gasteiger charge is 2.00. The van der Waals surface area contributed by atoms with E-state index < -0.39 is 0 Å². The van der Waals surface area contributed by atoms with Crippen molar-refractivity contribution in [2.24, 2.45) is 0 Å². The molecule has 0 aliphatic heterocycles. The first-order chi connectivity index (χ1) is 7.92. The highest BCUT2D eigenvalue weighted by atomic mass is 31.0. The predicted octanol–water partition coefficient (Wildman–Crippen LogP) is 4.01. The van der Waals surface area contributed by atoms with Gasteiger partial charge < -0.3 is 5.32 Å². The van der Waals surface area contributed by atoms with Gasteiger partial charge in [-0.25, -0.2) is 4.98 Å². The second-order valence-electron chi connectivity index (χ2n) is 3.59. The van der Waals surface area contributed by atoms with Gasteiger partial charge in [0.2, 0.25) is 0 Å². The second kappa shape index (κ2) is 3.99. The lowest BCUT2D eigenvalue weighted by atomic mass is 10.3. The molecule has 1 atom stereocenters. The van der Waals surface area contributed by atoms with Crippen molar-refractivity contribution in [2.75, 3.05) is 5.32 Å². The Balaban J connectivity index is 1.95. The molecule has 1 aromatic heterocycles. The zero-order chi connectivity index (χ0) is 10.8. The van der Waals surface area contributed by atoms with Gasteiger partial charge in [0.15, 0.2) is 0 Å². The topological polar surface area (TPSA) is 24.9 Å². The van der Waals surface area contributed by atoms with Gasteiger partial charge in [0, 0.05) is 10.8 Å². The minimum Gasteiger partial charge on any atom is -0.337 e. The van der Waals surface area contributed by atoms with E-state index in [4.69, 9.17) is 0 Å². The zero-order valence-corrected chi connectivity index (χ0v) is 9.64. The Kier molecular flexibility index (Phi) is 2.35. The number of nitrogens with zero attached hydrogens (tertiary/aromatic N) is 1. The minimum absolute atomic E-state index is 0.635. The molecule has 0 saturated heterocycles. The van der Waals surface area contributed by atoms with E-state index in [0.29, 0.717) is 8.19 Å². The van der Waals surface area contributed by atoms with Crippen molar-refractivity contribution in [2.45, 2.75) is 0 Å². The van der Waals surface area contributed by atoms with E-state index in [-0.39, 0.29) is 0 Å². The number of hydrogen-bond acceptors (Lipinski definition) is 2. The standard InChI is InChI=1S/C13H11N2P/c1-2-6-10(7-3-1)14-13-15-11-8-4-5-9-12(11)16-13/h1-9,16H,(H,14,15). The quantitative estimate of drug-likeness (QED) is 0.714. The molecular formula is C13H11N2P. The van der Waals surface area contributed by atoms with Crippen molar-refractivity contribution in [1.82, 2.24) is 4.98 Å². The molecule has 0 aliphatic rings. The number of para-hydroxylation sites is 2. The summed E-state index contributed by atoms with van der Waals surface area (Å²) in [7, 11) is 0.635. The fourth-order valence-electron chi connectivity index (χ4n) is 1.67. The lowest BCUT2D eigenvalue weighted by molar-refractivity contribution is 1.44. The van der Waals surface area contributed by atoms with Crippen LogP contribution in [0.3, 0.4) is 0 Å². The van der Waals surface area contributed by atoms with Crippen molar-refractivity contribution in [3.05, 3.63) is 54.6 Å². The molecule has 0 radical (unpaired) electrons. The Labute approximate surface area is 95.4 Å². The summed E-state index contributed by atoms with van der Waals surface area (Å²) in [6, 6.07) is 18.4. The maximum Gasteiger partial charge on any atom is 0.147 e. The molecule has 1 N–H and O–H groups in total. The van der Waals surface area contributed by atoms with Crippen molar-refractivity contribution in [3.8, 4) is 0 Å². The Morgan fingerprint density at radius 2 is 1.62 bits per heavy atom. The summed E-state index contributed by atoms with van der Waals surface area (Å²) >= 11 is 0. The van der Waals surface area contributed by atoms with Crippen LogP contribution in [0.2, 0.25) is 0 Å². The third-order valence-electron chi connectivity index (χ3n) is 2.43. The third kappa shape index (κ3) is 1.80. The van der Waals surface area contributed by atoms with Crippen LogP contribution in [0, 0.1) is 0 Å². The number of rotatable bonds is 2. The number of nitrogens with one attached hydrogen (secondary N) is 1. The van der Waals surface area contributed by atoms with Crippen LogP contribution in [-0.2, 0) is 0 Å². The molecule has 1 unspecified atom stereocenters. The van der Waals surface area contributed by atoms with E-state index in [1.807, 2.05) is 24.3 Å². The molecule has 0 bridgehead atoms. The molecule has 2 nitrogen and oxygen atoms in total. The molecule has 0 spiro atoms. The minimum atomic E-state index is 0.635. The van der Waals surface area contributed by atoms with Crippen LogP contribution < -0.4 is 5.32 Å². The van der Waals surface area contributed by atoms with Gasteiger partial charge >= 0.3 is 0 Å².